The number of benzene rings is 1. The molecule has 3 aromatic heterocycles. The molecule has 4 nitrogen and oxygen atoms in total. The summed E-state index contributed by atoms with van der Waals surface area (Å²) in [5.41, 5.74) is 2.01. The molecule has 0 bridgehead atoms. The Hall–Kier alpha value is -3.02. The van der Waals surface area contributed by atoms with Gasteiger partial charge in [0.15, 0.2) is 11.6 Å². The molecule has 1 saturated carbocycles. The molecule has 1 fully saturated rings. The van der Waals surface area contributed by atoms with E-state index in [9.17, 15) is 8.78 Å². The maximum absolute atomic E-state index is 13.9. The van der Waals surface area contributed by atoms with Gasteiger partial charge < -0.3 is 4.57 Å². The maximum Gasteiger partial charge on any atom is 0.159 e. The molecule has 0 unspecified atom stereocenters. The highest BCUT2D eigenvalue weighted by atomic mass is 19.2. The van der Waals surface area contributed by atoms with Crippen LogP contribution in [0.15, 0.2) is 55.1 Å². The molecular formula is C22H20F2N4. The molecule has 5 rings (SSSR count). The molecule has 1 aliphatic rings. The molecule has 0 amide bonds. The third-order valence-corrected chi connectivity index (χ3v) is 5.61. The van der Waals surface area contributed by atoms with Crippen LogP contribution in [0.3, 0.4) is 0 Å². The summed E-state index contributed by atoms with van der Waals surface area (Å²) in [4.78, 5) is 9.16. The molecule has 0 saturated heterocycles. The first-order chi connectivity index (χ1) is 13.7. The summed E-state index contributed by atoms with van der Waals surface area (Å²) in [7, 11) is 0. The molecule has 0 atom stereocenters. The van der Waals surface area contributed by atoms with E-state index < -0.39 is 11.6 Å². The summed E-state index contributed by atoms with van der Waals surface area (Å²) < 4.78 is 31.6. The highest BCUT2D eigenvalue weighted by Crippen LogP contribution is 2.35. The molecule has 0 aliphatic heterocycles. The molecule has 0 radical (unpaired) electrons. The average molecular weight is 378 g/mol. The largest absolute Gasteiger partial charge is 0.313 e. The van der Waals surface area contributed by atoms with Crippen LogP contribution in [-0.4, -0.2) is 19.1 Å². The van der Waals surface area contributed by atoms with Crippen molar-refractivity contribution in [1.82, 2.24) is 19.1 Å². The summed E-state index contributed by atoms with van der Waals surface area (Å²) in [6, 6.07) is 10.2. The van der Waals surface area contributed by atoms with E-state index in [-0.39, 0.29) is 0 Å². The number of halogens is 2. The fourth-order valence-electron chi connectivity index (χ4n) is 4.20. The van der Waals surface area contributed by atoms with Crippen molar-refractivity contribution >= 4 is 11.0 Å². The molecule has 6 heteroatoms. The molecule has 1 aliphatic carbocycles. The lowest BCUT2D eigenvalue weighted by Gasteiger charge is -2.25. The van der Waals surface area contributed by atoms with Gasteiger partial charge in [-0.2, -0.15) is 0 Å². The summed E-state index contributed by atoms with van der Waals surface area (Å²) >= 11 is 0. The zero-order chi connectivity index (χ0) is 19.1. The van der Waals surface area contributed by atoms with Crippen LogP contribution in [0, 0.1) is 11.6 Å². The van der Waals surface area contributed by atoms with Gasteiger partial charge in [0.2, 0.25) is 0 Å². The van der Waals surface area contributed by atoms with E-state index >= 15 is 0 Å². The van der Waals surface area contributed by atoms with Gasteiger partial charge in [-0.15, -0.1) is 0 Å². The first-order valence-electron chi connectivity index (χ1n) is 9.67. The SMILES string of the molecule is Fc1ccc(-c2ncn(C3CCCCC3)c2-n2ccc3cccnc32)cc1F. The van der Waals surface area contributed by atoms with Gasteiger partial charge in [-0.1, -0.05) is 19.3 Å². The number of nitrogens with zero attached hydrogens (tertiary/aromatic N) is 4. The number of hydrogen-bond donors (Lipinski definition) is 0. The van der Waals surface area contributed by atoms with Crippen LogP contribution in [0.4, 0.5) is 8.78 Å². The van der Waals surface area contributed by atoms with Crippen molar-refractivity contribution in [3.05, 3.63) is 66.8 Å². The highest BCUT2D eigenvalue weighted by molar-refractivity contribution is 5.80. The smallest absolute Gasteiger partial charge is 0.159 e. The van der Waals surface area contributed by atoms with Crippen molar-refractivity contribution in [3.8, 4) is 17.1 Å². The fourth-order valence-corrected chi connectivity index (χ4v) is 4.20. The van der Waals surface area contributed by atoms with Crippen LogP contribution >= 0.6 is 0 Å². The topological polar surface area (TPSA) is 35.6 Å². The van der Waals surface area contributed by atoms with Gasteiger partial charge >= 0.3 is 0 Å². The molecular weight excluding hydrogens is 358 g/mol. The van der Waals surface area contributed by atoms with Crippen LogP contribution in [0.5, 0.6) is 0 Å². The monoisotopic (exact) mass is 378 g/mol. The third kappa shape index (κ3) is 2.80. The van der Waals surface area contributed by atoms with Gasteiger partial charge in [0, 0.05) is 29.4 Å². The minimum atomic E-state index is -0.869. The summed E-state index contributed by atoms with van der Waals surface area (Å²) in [5.74, 6) is -0.872. The number of hydrogen-bond acceptors (Lipinski definition) is 2. The van der Waals surface area contributed by atoms with E-state index in [1.165, 1.54) is 25.3 Å². The molecule has 28 heavy (non-hydrogen) atoms. The molecule has 0 spiro atoms. The quantitative estimate of drug-likeness (QED) is 0.460. The lowest BCUT2D eigenvalue weighted by molar-refractivity contribution is 0.351. The fraction of sp³-hybridized carbons (Fsp3) is 0.273. The maximum atomic E-state index is 13.9. The van der Waals surface area contributed by atoms with Gasteiger partial charge in [-0.3, -0.25) is 4.57 Å². The second-order valence-corrected chi connectivity index (χ2v) is 7.35. The first kappa shape index (κ1) is 17.1. The number of pyridine rings is 1. The molecule has 3 heterocycles. The number of fused-ring (bicyclic) bond motifs is 1. The Kier molecular flexibility index (Phi) is 4.19. The highest BCUT2D eigenvalue weighted by Gasteiger charge is 2.24. The lowest BCUT2D eigenvalue weighted by atomic mass is 9.95. The van der Waals surface area contributed by atoms with Crippen molar-refractivity contribution in [1.29, 1.82) is 0 Å². The molecule has 142 valence electrons. The summed E-state index contributed by atoms with van der Waals surface area (Å²) in [6.45, 7) is 0. The second-order valence-electron chi connectivity index (χ2n) is 7.35. The summed E-state index contributed by atoms with van der Waals surface area (Å²) in [5, 5.41) is 1.02. The number of aromatic nitrogens is 4. The van der Waals surface area contributed by atoms with Gasteiger partial charge in [0.05, 0.1) is 6.33 Å². The Morgan fingerprint density at radius 1 is 0.929 bits per heavy atom. The lowest BCUT2D eigenvalue weighted by Crippen LogP contribution is -2.15. The zero-order valence-electron chi connectivity index (χ0n) is 15.4. The first-order valence-corrected chi connectivity index (χ1v) is 9.67. The van der Waals surface area contributed by atoms with Gasteiger partial charge in [-0.05, 0) is 49.2 Å². The normalized spacial score (nSPS) is 15.4. The number of imidazole rings is 1. The third-order valence-electron chi connectivity index (χ3n) is 5.61. The number of rotatable bonds is 3. The standard InChI is InChI=1S/C22H20F2N4/c23-18-9-8-16(13-19(18)24)20-22(27-12-10-15-5-4-11-25-21(15)27)28(14-26-20)17-6-2-1-3-7-17/h4-5,8-14,17H,1-3,6-7H2. The van der Waals surface area contributed by atoms with Crippen LogP contribution in [-0.2, 0) is 0 Å². The van der Waals surface area contributed by atoms with Crippen molar-refractivity contribution < 1.29 is 8.78 Å². The van der Waals surface area contributed by atoms with E-state index in [1.807, 2.05) is 35.3 Å². The summed E-state index contributed by atoms with van der Waals surface area (Å²) in [6.07, 6.45) is 11.4. The van der Waals surface area contributed by atoms with Crippen LogP contribution in [0.1, 0.15) is 38.1 Å². The van der Waals surface area contributed by atoms with Gasteiger partial charge in [0.1, 0.15) is 17.2 Å². The average Bonchev–Trinajstić information content (AvgIpc) is 3.34. The molecule has 0 N–H and O–H groups in total. The van der Waals surface area contributed by atoms with E-state index in [1.54, 1.807) is 12.3 Å². The van der Waals surface area contributed by atoms with Crippen molar-refractivity contribution in [2.75, 3.05) is 0 Å². The molecule has 4 aromatic rings. The predicted octanol–water partition coefficient (Wildman–Crippen LogP) is 5.67. The Morgan fingerprint density at radius 3 is 2.61 bits per heavy atom. The van der Waals surface area contributed by atoms with Gasteiger partial charge in [-0.25, -0.2) is 18.7 Å². The van der Waals surface area contributed by atoms with Crippen molar-refractivity contribution in [3.63, 3.8) is 0 Å². The van der Waals surface area contributed by atoms with Crippen LogP contribution in [0.2, 0.25) is 0 Å². The van der Waals surface area contributed by atoms with Crippen molar-refractivity contribution in [2.45, 2.75) is 38.1 Å². The van der Waals surface area contributed by atoms with Crippen LogP contribution < -0.4 is 0 Å². The van der Waals surface area contributed by atoms with Crippen molar-refractivity contribution in [2.24, 2.45) is 0 Å². The Balaban J connectivity index is 1.73. The van der Waals surface area contributed by atoms with E-state index in [2.05, 4.69) is 14.5 Å². The second kappa shape index (κ2) is 6.86. The zero-order valence-corrected chi connectivity index (χ0v) is 15.4. The minimum absolute atomic E-state index is 0.344. The molecule has 1 aromatic carbocycles. The predicted molar refractivity (Wildman–Crippen MR) is 104 cm³/mol. The Morgan fingerprint density at radius 2 is 1.79 bits per heavy atom. The van der Waals surface area contributed by atoms with Crippen LogP contribution in [0.25, 0.3) is 28.1 Å². The minimum Gasteiger partial charge on any atom is -0.313 e. The van der Waals surface area contributed by atoms with E-state index in [4.69, 9.17) is 0 Å². The Bertz CT molecular complexity index is 1140. The van der Waals surface area contributed by atoms with E-state index in [0.29, 0.717) is 17.3 Å². The Labute approximate surface area is 161 Å². The van der Waals surface area contributed by atoms with Gasteiger partial charge in [0.25, 0.3) is 0 Å². The van der Waals surface area contributed by atoms with E-state index in [0.717, 1.165) is 35.8 Å².